The van der Waals surface area contributed by atoms with Gasteiger partial charge in [0.05, 0.1) is 0 Å². The summed E-state index contributed by atoms with van der Waals surface area (Å²) in [5.74, 6) is -0.704. The molecule has 4 nitrogen and oxygen atoms in total. The van der Waals surface area contributed by atoms with E-state index in [0.29, 0.717) is 12.8 Å². The molecule has 0 aromatic rings. The Morgan fingerprint density at radius 1 is 0.535 bits per heavy atom. The van der Waals surface area contributed by atoms with Gasteiger partial charge in [0.2, 0.25) is 0 Å². The van der Waals surface area contributed by atoms with Crippen molar-refractivity contribution in [3.05, 3.63) is 60.8 Å². The zero-order chi connectivity index (χ0) is 31.5. The van der Waals surface area contributed by atoms with Crippen LogP contribution in [0.5, 0.6) is 0 Å². The summed E-state index contributed by atoms with van der Waals surface area (Å²) < 4.78 is 5.91. The first-order valence-electron chi connectivity index (χ1n) is 17.8. The Morgan fingerprint density at radius 3 is 1.51 bits per heavy atom. The molecule has 246 valence electrons. The second-order valence-electron chi connectivity index (χ2n) is 11.7. The van der Waals surface area contributed by atoms with E-state index in [4.69, 9.17) is 9.84 Å². The van der Waals surface area contributed by atoms with Gasteiger partial charge < -0.3 is 9.84 Å². The van der Waals surface area contributed by atoms with Crippen molar-refractivity contribution < 1.29 is 19.4 Å². The Kier molecular flexibility index (Phi) is 32.3. The number of carbonyl (C=O) groups excluding carboxylic acids is 1. The Morgan fingerprint density at radius 2 is 0.977 bits per heavy atom. The topological polar surface area (TPSA) is 63.6 Å². The molecule has 0 spiro atoms. The zero-order valence-corrected chi connectivity index (χ0v) is 28.0. The SMILES string of the molecule is CC/C=C\C/C=C\C/C=C\C/C=C\C/C=C\CCCCCC(=O)OC(CCCCC)CCCCCCCCCCC(=O)O. The number of carboxylic acids is 1. The maximum atomic E-state index is 12.5. The molecule has 1 N–H and O–H groups in total. The molecule has 4 heteroatoms. The van der Waals surface area contributed by atoms with Crippen LogP contribution in [0, 0.1) is 0 Å². The third-order valence-corrected chi connectivity index (χ3v) is 7.50. The Balaban J connectivity index is 3.86. The van der Waals surface area contributed by atoms with Gasteiger partial charge in [-0.05, 0) is 83.5 Å². The molecule has 0 saturated heterocycles. The number of ether oxygens (including phenoxy) is 1. The molecule has 0 aromatic heterocycles. The number of allylic oxidation sites excluding steroid dienone is 10. The van der Waals surface area contributed by atoms with Crippen LogP contribution in [0.2, 0.25) is 0 Å². The highest BCUT2D eigenvalue weighted by molar-refractivity contribution is 5.69. The normalized spacial score (nSPS) is 13.0. The fraction of sp³-hybridized carbons (Fsp3) is 0.692. The van der Waals surface area contributed by atoms with Crippen LogP contribution in [-0.4, -0.2) is 23.1 Å². The second-order valence-corrected chi connectivity index (χ2v) is 11.7. The van der Waals surface area contributed by atoms with E-state index in [-0.39, 0.29) is 12.1 Å². The first-order chi connectivity index (χ1) is 21.1. The molecule has 0 aliphatic rings. The standard InChI is InChI=1S/C39H66O4/c1-3-5-7-8-9-10-11-12-13-14-15-16-17-18-19-20-25-28-32-36-39(42)43-37(33-29-6-4-2)34-30-26-23-21-22-24-27-31-35-38(40)41/h5,7,9-10,12-13,15-16,18-19,37H,3-4,6,8,11,14,17,20-36H2,1-2H3,(H,40,41)/b7-5-,10-9-,13-12-,16-15-,19-18-. The fourth-order valence-corrected chi connectivity index (χ4v) is 4.91. The lowest BCUT2D eigenvalue weighted by Gasteiger charge is -2.18. The van der Waals surface area contributed by atoms with Crippen LogP contribution in [0.25, 0.3) is 0 Å². The molecule has 0 radical (unpaired) electrons. The third-order valence-electron chi connectivity index (χ3n) is 7.50. The number of hydrogen-bond acceptors (Lipinski definition) is 3. The van der Waals surface area contributed by atoms with Crippen molar-refractivity contribution in [1.29, 1.82) is 0 Å². The maximum absolute atomic E-state index is 12.5. The van der Waals surface area contributed by atoms with Gasteiger partial charge in [0.15, 0.2) is 0 Å². The summed E-state index contributed by atoms with van der Waals surface area (Å²) in [6.45, 7) is 4.37. The van der Waals surface area contributed by atoms with Crippen molar-refractivity contribution in [2.45, 2.75) is 174 Å². The largest absolute Gasteiger partial charge is 0.481 e. The number of aliphatic carboxylic acids is 1. The number of esters is 1. The molecule has 43 heavy (non-hydrogen) atoms. The highest BCUT2D eigenvalue weighted by atomic mass is 16.5. The van der Waals surface area contributed by atoms with E-state index in [1.165, 1.54) is 38.5 Å². The van der Waals surface area contributed by atoms with E-state index >= 15 is 0 Å². The number of carboxylic acid groups (broad SMARTS) is 1. The Labute approximate surface area is 265 Å². The number of carbonyl (C=O) groups is 2. The molecule has 0 rings (SSSR count). The third kappa shape index (κ3) is 34.0. The van der Waals surface area contributed by atoms with E-state index < -0.39 is 5.97 Å². The number of unbranched alkanes of at least 4 members (excludes halogenated alkanes) is 12. The van der Waals surface area contributed by atoms with Gasteiger partial charge in [-0.15, -0.1) is 0 Å². The van der Waals surface area contributed by atoms with Crippen LogP contribution in [0.3, 0.4) is 0 Å². The second kappa shape index (κ2) is 34.1. The molecule has 0 fully saturated rings. The minimum atomic E-state index is -0.688. The van der Waals surface area contributed by atoms with E-state index in [1.54, 1.807) is 0 Å². The van der Waals surface area contributed by atoms with Crippen LogP contribution in [-0.2, 0) is 14.3 Å². The molecule has 1 atom stereocenters. The summed E-state index contributed by atoms with van der Waals surface area (Å²) in [6.07, 6.45) is 46.9. The molecule has 1 unspecified atom stereocenters. The predicted molar refractivity (Wildman–Crippen MR) is 185 cm³/mol. The van der Waals surface area contributed by atoms with Gasteiger partial charge in [-0.1, -0.05) is 132 Å². The summed E-state index contributed by atoms with van der Waals surface area (Å²) in [4.78, 5) is 23.0. The van der Waals surface area contributed by atoms with Crippen LogP contribution in [0.15, 0.2) is 60.8 Å². The van der Waals surface area contributed by atoms with Gasteiger partial charge in [-0.3, -0.25) is 9.59 Å². The first-order valence-corrected chi connectivity index (χ1v) is 17.8. The Hall–Kier alpha value is -2.36. The van der Waals surface area contributed by atoms with Crippen molar-refractivity contribution in [2.75, 3.05) is 0 Å². The molecular weight excluding hydrogens is 532 g/mol. The van der Waals surface area contributed by atoms with Crippen molar-refractivity contribution in [2.24, 2.45) is 0 Å². The van der Waals surface area contributed by atoms with Gasteiger partial charge in [0.25, 0.3) is 0 Å². The van der Waals surface area contributed by atoms with Crippen molar-refractivity contribution >= 4 is 11.9 Å². The average Bonchev–Trinajstić information content (AvgIpc) is 2.99. The molecule has 0 heterocycles. The van der Waals surface area contributed by atoms with Crippen molar-refractivity contribution in [1.82, 2.24) is 0 Å². The van der Waals surface area contributed by atoms with Gasteiger partial charge in [-0.2, -0.15) is 0 Å². The van der Waals surface area contributed by atoms with Gasteiger partial charge in [0, 0.05) is 12.8 Å². The first kappa shape index (κ1) is 40.6. The van der Waals surface area contributed by atoms with Gasteiger partial charge in [0.1, 0.15) is 6.10 Å². The van der Waals surface area contributed by atoms with E-state index in [9.17, 15) is 9.59 Å². The summed E-state index contributed by atoms with van der Waals surface area (Å²) in [7, 11) is 0. The molecule has 0 bridgehead atoms. The van der Waals surface area contributed by atoms with E-state index in [1.807, 2.05) is 0 Å². The summed E-state index contributed by atoms with van der Waals surface area (Å²) in [5, 5.41) is 8.69. The van der Waals surface area contributed by atoms with Crippen LogP contribution < -0.4 is 0 Å². The van der Waals surface area contributed by atoms with Crippen LogP contribution in [0.1, 0.15) is 168 Å². The summed E-state index contributed by atoms with van der Waals surface area (Å²) in [5.41, 5.74) is 0. The molecule has 0 saturated carbocycles. The molecule has 0 aliphatic heterocycles. The minimum absolute atomic E-state index is 0.0160. The molecule has 0 aromatic carbocycles. The summed E-state index contributed by atoms with van der Waals surface area (Å²) >= 11 is 0. The highest BCUT2D eigenvalue weighted by Crippen LogP contribution is 2.18. The van der Waals surface area contributed by atoms with Gasteiger partial charge in [-0.25, -0.2) is 0 Å². The zero-order valence-electron chi connectivity index (χ0n) is 28.0. The van der Waals surface area contributed by atoms with Crippen LogP contribution in [0.4, 0.5) is 0 Å². The van der Waals surface area contributed by atoms with Crippen LogP contribution >= 0.6 is 0 Å². The lowest BCUT2D eigenvalue weighted by Crippen LogP contribution is -2.18. The predicted octanol–water partition coefficient (Wildman–Crippen LogP) is 12.2. The minimum Gasteiger partial charge on any atom is -0.481 e. The smallest absolute Gasteiger partial charge is 0.306 e. The van der Waals surface area contributed by atoms with Gasteiger partial charge >= 0.3 is 11.9 Å². The van der Waals surface area contributed by atoms with E-state index in [0.717, 1.165) is 103 Å². The fourth-order valence-electron chi connectivity index (χ4n) is 4.91. The quantitative estimate of drug-likeness (QED) is 0.0490. The Bertz CT molecular complexity index is 774. The molecule has 0 aliphatic carbocycles. The lowest BCUT2D eigenvalue weighted by molar-refractivity contribution is -0.150. The van der Waals surface area contributed by atoms with E-state index in [2.05, 4.69) is 74.6 Å². The monoisotopic (exact) mass is 598 g/mol. The van der Waals surface area contributed by atoms with Crippen molar-refractivity contribution in [3.63, 3.8) is 0 Å². The van der Waals surface area contributed by atoms with Crippen molar-refractivity contribution in [3.8, 4) is 0 Å². The summed E-state index contributed by atoms with van der Waals surface area (Å²) in [6, 6.07) is 0. The highest BCUT2D eigenvalue weighted by Gasteiger charge is 2.14. The number of rotatable bonds is 31. The lowest BCUT2D eigenvalue weighted by atomic mass is 10.0. The molecule has 0 amide bonds. The molecular formula is C39H66O4. The maximum Gasteiger partial charge on any atom is 0.306 e. The number of hydrogen-bond donors (Lipinski definition) is 1. The average molecular weight is 599 g/mol.